The molecule has 0 radical (unpaired) electrons. The molecule has 0 aliphatic carbocycles. The summed E-state index contributed by atoms with van der Waals surface area (Å²) in [5.41, 5.74) is 3.52. The molecule has 72 heavy (non-hydrogen) atoms. The molecule has 2 saturated heterocycles. The van der Waals surface area contributed by atoms with Crippen molar-refractivity contribution in [2.75, 3.05) is 19.6 Å². The molecule has 15 heteroatoms. The fraction of sp³-hybridized carbons (Fsp3) is 0.474. The van der Waals surface area contributed by atoms with Crippen LogP contribution in [-0.4, -0.2) is 100 Å². The van der Waals surface area contributed by atoms with Crippen molar-refractivity contribution in [3.05, 3.63) is 113 Å². The molecule has 2 aliphatic heterocycles. The van der Waals surface area contributed by atoms with Crippen LogP contribution in [0.5, 0.6) is 0 Å². The molecule has 2 fully saturated rings. The SMILES string of the molecule is CCC(=O)CCCCC[C@@H]1NC(=O)C2CCCCN2C(=O)[C@H](C(C)CC)NC(=O)[C@H](Cc2cn(CC(=O)NCCCCCCNC(=O)/C=C/c3ccc(C(=O)c4ccccc4)cc3)c3ccccc23)NC1=O. The minimum atomic E-state index is -1.12. The number of amides is 6. The topological polar surface area (TPSA) is 205 Å². The Hall–Kier alpha value is -6.90. The predicted octanol–water partition coefficient (Wildman–Crippen LogP) is 6.75. The van der Waals surface area contributed by atoms with Crippen molar-refractivity contribution in [1.29, 1.82) is 0 Å². The molecule has 3 aromatic carbocycles. The van der Waals surface area contributed by atoms with E-state index in [-0.39, 0.29) is 54.1 Å². The monoisotopic (exact) mass is 984 g/mol. The average molecular weight is 984 g/mol. The van der Waals surface area contributed by atoms with Crippen molar-refractivity contribution in [3.8, 4) is 0 Å². The number of para-hydroxylation sites is 1. The van der Waals surface area contributed by atoms with Crippen LogP contribution in [-0.2, 0) is 46.5 Å². The van der Waals surface area contributed by atoms with Gasteiger partial charge in [-0.2, -0.15) is 0 Å². The van der Waals surface area contributed by atoms with Gasteiger partial charge in [-0.3, -0.25) is 38.4 Å². The Morgan fingerprint density at radius 1 is 0.722 bits per heavy atom. The van der Waals surface area contributed by atoms with Gasteiger partial charge >= 0.3 is 0 Å². The average Bonchev–Trinajstić information content (AvgIpc) is 3.74. The van der Waals surface area contributed by atoms with E-state index in [4.69, 9.17) is 0 Å². The van der Waals surface area contributed by atoms with Crippen molar-refractivity contribution in [2.45, 2.75) is 148 Å². The first-order chi connectivity index (χ1) is 34.9. The normalized spacial score (nSPS) is 19.1. The first-order valence-corrected chi connectivity index (χ1v) is 26.1. The largest absolute Gasteiger partial charge is 0.355 e. The number of benzene rings is 3. The van der Waals surface area contributed by atoms with Crippen LogP contribution in [0.15, 0.2) is 91.1 Å². The van der Waals surface area contributed by atoms with Crippen LogP contribution in [0.2, 0.25) is 0 Å². The van der Waals surface area contributed by atoms with Gasteiger partial charge in [0.05, 0.1) is 0 Å². The maximum atomic E-state index is 14.5. The summed E-state index contributed by atoms with van der Waals surface area (Å²) in [4.78, 5) is 109. The maximum absolute atomic E-state index is 14.5. The minimum absolute atomic E-state index is 0.0266. The Morgan fingerprint density at radius 3 is 2.12 bits per heavy atom. The summed E-state index contributed by atoms with van der Waals surface area (Å²) in [6, 6.07) is 20.0. The standard InChI is InChI=1S/C57H73N7O8/c1-4-39(3)52-57(72)64-35-19-16-26-49(64)56(71)60-46(24-13-9-12-22-44(65)5-2)54(69)61-47(55(70)62-52)36-43-37-63(48-25-15-14-23-45(43)48)38-51(67)59-34-18-7-6-17-33-58-50(66)32-29-40-27-30-42(31-28-40)53(68)41-20-10-8-11-21-41/h8,10-11,14-15,20-21,23,25,27-32,37,39,46-47,49,52H,4-7,9,12-13,16-19,22,24,26,33-36,38H2,1-3H3,(H,58,66)(H,59,67)(H,60,71)(H,61,69)(H,62,70)/b32-29+/t39?,46-,47-,49?,52-/m0/s1. The number of hydrogen-bond acceptors (Lipinski definition) is 8. The number of piperidine rings is 1. The first kappa shape index (κ1) is 54.4. The van der Waals surface area contributed by atoms with Crippen LogP contribution in [0, 0.1) is 5.92 Å². The zero-order valence-corrected chi connectivity index (χ0v) is 42.2. The van der Waals surface area contributed by atoms with E-state index in [9.17, 15) is 38.4 Å². The third kappa shape index (κ3) is 15.5. The lowest BCUT2D eigenvalue weighted by molar-refractivity contribution is -0.147. The van der Waals surface area contributed by atoms with E-state index >= 15 is 0 Å². The Labute approximate surface area is 423 Å². The fourth-order valence-corrected chi connectivity index (χ4v) is 9.45. The molecule has 2 unspecified atom stereocenters. The molecule has 6 rings (SSSR count). The smallest absolute Gasteiger partial charge is 0.246 e. The highest BCUT2D eigenvalue weighted by molar-refractivity contribution is 6.09. The fourth-order valence-electron chi connectivity index (χ4n) is 9.45. The van der Waals surface area contributed by atoms with E-state index < -0.39 is 36.0 Å². The number of rotatable bonds is 24. The van der Waals surface area contributed by atoms with Crippen molar-refractivity contribution >= 4 is 64.0 Å². The van der Waals surface area contributed by atoms with Crippen LogP contribution < -0.4 is 26.6 Å². The van der Waals surface area contributed by atoms with Crippen LogP contribution in [0.25, 0.3) is 17.0 Å². The van der Waals surface area contributed by atoms with Crippen LogP contribution >= 0.6 is 0 Å². The number of carbonyl (C=O) groups excluding carboxylic acids is 8. The number of aromatic nitrogens is 1. The van der Waals surface area contributed by atoms with Gasteiger partial charge in [0.2, 0.25) is 35.4 Å². The molecule has 0 spiro atoms. The highest BCUT2D eigenvalue weighted by Gasteiger charge is 2.41. The van der Waals surface area contributed by atoms with E-state index in [0.29, 0.717) is 82.1 Å². The molecule has 0 bridgehead atoms. The molecule has 0 saturated carbocycles. The van der Waals surface area contributed by atoms with Gasteiger partial charge in [-0.1, -0.05) is 126 Å². The molecule has 6 amide bonds. The van der Waals surface area contributed by atoms with Crippen molar-refractivity contribution in [1.82, 2.24) is 36.1 Å². The van der Waals surface area contributed by atoms with Gasteiger partial charge in [-0.05, 0) is 74.1 Å². The molecule has 15 nitrogen and oxygen atoms in total. The molecule has 5 atom stereocenters. The van der Waals surface area contributed by atoms with Gasteiger partial charge in [-0.15, -0.1) is 0 Å². The Kier molecular flexibility index (Phi) is 20.9. The number of Topliss-reactive ketones (excluding diaryl/α,β-unsaturated/α-hetero) is 1. The Morgan fingerprint density at radius 2 is 1.39 bits per heavy atom. The molecule has 3 heterocycles. The molecule has 4 aromatic rings. The zero-order valence-electron chi connectivity index (χ0n) is 42.2. The van der Waals surface area contributed by atoms with Crippen LogP contribution in [0.4, 0.5) is 0 Å². The summed E-state index contributed by atoms with van der Waals surface area (Å²) >= 11 is 0. The third-order valence-electron chi connectivity index (χ3n) is 13.9. The number of nitrogens with one attached hydrogen (secondary N) is 5. The first-order valence-electron chi connectivity index (χ1n) is 26.1. The van der Waals surface area contributed by atoms with E-state index in [1.807, 2.05) is 86.1 Å². The molecular formula is C57H73N7O8. The lowest BCUT2D eigenvalue weighted by atomic mass is 9.93. The lowest BCUT2D eigenvalue weighted by Crippen LogP contribution is -2.64. The summed E-state index contributed by atoms with van der Waals surface area (Å²) in [5, 5.41) is 15.7. The number of unbranched alkanes of at least 4 members (excludes halogenated alkanes) is 5. The minimum Gasteiger partial charge on any atom is -0.355 e. The Balaban J connectivity index is 1.02. The van der Waals surface area contributed by atoms with Gasteiger partial charge in [-0.25, -0.2) is 0 Å². The van der Waals surface area contributed by atoms with Crippen LogP contribution in [0.1, 0.15) is 138 Å². The number of ketones is 2. The number of fused-ring (bicyclic) bond motifs is 2. The second-order valence-corrected chi connectivity index (χ2v) is 19.2. The predicted molar refractivity (Wildman–Crippen MR) is 278 cm³/mol. The van der Waals surface area contributed by atoms with E-state index in [1.54, 1.807) is 35.2 Å². The summed E-state index contributed by atoms with van der Waals surface area (Å²) in [7, 11) is 0. The third-order valence-corrected chi connectivity index (χ3v) is 13.9. The van der Waals surface area contributed by atoms with E-state index in [1.165, 1.54) is 6.08 Å². The molecule has 1 aromatic heterocycles. The summed E-state index contributed by atoms with van der Waals surface area (Å²) in [6.45, 7) is 7.07. The quantitative estimate of drug-likeness (QED) is 0.0288. The number of nitrogens with zero attached hydrogens (tertiary/aromatic N) is 2. The molecule has 384 valence electrons. The Bertz CT molecular complexity index is 2540. The summed E-state index contributed by atoms with van der Waals surface area (Å²) in [5.74, 6) is -2.22. The van der Waals surface area contributed by atoms with Gasteiger partial charge in [0.25, 0.3) is 0 Å². The second-order valence-electron chi connectivity index (χ2n) is 19.2. The molecular weight excluding hydrogens is 911 g/mol. The van der Waals surface area contributed by atoms with Gasteiger partial charge in [0, 0.05) is 73.2 Å². The van der Waals surface area contributed by atoms with Crippen molar-refractivity contribution in [3.63, 3.8) is 0 Å². The molecule has 2 aliphatic rings. The second kappa shape index (κ2) is 27.6. The molecule has 5 N–H and O–H groups in total. The lowest BCUT2D eigenvalue weighted by Gasteiger charge is -2.39. The van der Waals surface area contributed by atoms with Gasteiger partial charge in [0.15, 0.2) is 5.78 Å². The van der Waals surface area contributed by atoms with E-state index in [0.717, 1.165) is 60.6 Å². The zero-order chi connectivity index (χ0) is 51.4. The van der Waals surface area contributed by atoms with Gasteiger partial charge in [0.1, 0.15) is 36.5 Å². The highest BCUT2D eigenvalue weighted by Crippen LogP contribution is 2.25. The summed E-state index contributed by atoms with van der Waals surface area (Å²) in [6.07, 6.45) is 14.1. The van der Waals surface area contributed by atoms with Crippen LogP contribution in [0.3, 0.4) is 0 Å². The maximum Gasteiger partial charge on any atom is 0.246 e. The van der Waals surface area contributed by atoms with E-state index in [2.05, 4.69) is 26.6 Å². The number of hydrogen-bond donors (Lipinski definition) is 5. The summed E-state index contributed by atoms with van der Waals surface area (Å²) < 4.78 is 1.84. The van der Waals surface area contributed by atoms with Gasteiger partial charge < -0.3 is 36.1 Å². The number of carbonyl (C=O) groups is 8. The van der Waals surface area contributed by atoms with Crippen molar-refractivity contribution in [2.24, 2.45) is 5.92 Å². The highest BCUT2D eigenvalue weighted by atomic mass is 16.2. The van der Waals surface area contributed by atoms with Crippen molar-refractivity contribution < 1.29 is 38.4 Å².